The van der Waals surface area contributed by atoms with Gasteiger partial charge in [-0.15, -0.1) is 0 Å². The third-order valence-corrected chi connectivity index (χ3v) is 4.32. The van der Waals surface area contributed by atoms with Crippen molar-refractivity contribution in [3.05, 3.63) is 104 Å². The molecule has 0 fully saturated rings. The summed E-state index contributed by atoms with van der Waals surface area (Å²) in [6.07, 6.45) is 9.06. The van der Waals surface area contributed by atoms with E-state index in [9.17, 15) is 9.59 Å². The summed E-state index contributed by atoms with van der Waals surface area (Å²) in [5.41, 5.74) is 0.942. The second kappa shape index (κ2) is 19.9. The second-order valence-electron chi connectivity index (χ2n) is 6.87. The van der Waals surface area contributed by atoms with Crippen LogP contribution in [0.1, 0.15) is 0 Å². The molecular formula is C25H28Cl3N3O5. The predicted octanol–water partition coefficient (Wildman–Crippen LogP) is -7.75. The van der Waals surface area contributed by atoms with Crippen LogP contribution >= 0.6 is 0 Å². The molecule has 0 unspecified atom stereocenters. The number of aliphatic hydroxyl groups is 1. The molecule has 0 bridgehead atoms. The first-order valence-corrected chi connectivity index (χ1v) is 10.3. The summed E-state index contributed by atoms with van der Waals surface area (Å²) in [6, 6.07) is 22.8. The molecule has 3 aromatic heterocycles. The lowest BCUT2D eigenvalue weighted by molar-refractivity contribution is -0.698. The third-order valence-electron chi connectivity index (χ3n) is 4.32. The number of pyridine rings is 3. The molecule has 0 aliphatic carbocycles. The minimum Gasteiger partial charge on any atom is -1.00 e. The number of hydrogen-bond donors (Lipinski definition) is 3. The zero-order valence-electron chi connectivity index (χ0n) is 19.3. The summed E-state index contributed by atoms with van der Waals surface area (Å²) in [4.78, 5) is 20.7. The van der Waals surface area contributed by atoms with Gasteiger partial charge >= 0.3 is 11.9 Å². The molecule has 8 nitrogen and oxygen atoms in total. The molecule has 3 heterocycles. The fourth-order valence-corrected chi connectivity index (χ4v) is 2.90. The van der Waals surface area contributed by atoms with Gasteiger partial charge in [-0.3, -0.25) is 0 Å². The molecule has 4 aromatic rings. The Morgan fingerprint density at radius 1 is 0.611 bits per heavy atom. The molecule has 1 aromatic carbocycles. The Kier molecular flexibility index (Phi) is 19.3. The lowest BCUT2D eigenvalue weighted by Crippen LogP contribution is -3.00. The number of aliphatic hydroxyl groups excluding tert-OH is 1. The second-order valence-corrected chi connectivity index (χ2v) is 6.87. The molecule has 0 aliphatic heterocycles. The Bertz CT molecular complexity index is 1150. The van der Waals surface area contributed by atoms with Gasteiger partial charge in [0.05, 0.1) is 0 Å². The van der Waals surface area contributed by atoms with E-state index < -0.39 is 11.9 Å². The average molecular weight is 557 g/mol. The smallest absolute Gasteiger partial charge is 0.370 e. The number of halogens is 3. The maximum absolute atomic E-state index is 10.6. The Labute approximate surface area is 228 Å². The van der Waals surface area contributed by atoms with Gasteiger partial charge in [-0.25, -0.2) is 14.2 Å². The summed E-state index contributed by atoms with van der Waals surface area (Å²) >= 11 is 0. The first-order valence-electron chi connectivity index (χ1n) is 10.3. The summed E-state index contributed by atoms with van der Waals surface area (Å²) in [5, 5.41) is 26.6. The Balaban J connectivity index is 0. The number of carboxylic acids is 2. The monoisotopic (exact) mass is 555 g/mol. The quantitative estimate of drug-likeness (QED) is 0.205. The standard InChI is InChI=1S/C11H9NO2.C7H7NO2.C7H10NO.3ClH/c13-11(14)8-12-7-3-5-9-4-1-2-6-10(9)12;9-7(10)6-8-4-2-1-3-5-8;9-7-6-8-4-2-1-3-5-8;;;/h1-7H,8H2;1-5H,6H2;1-5,9H,6-7H2;3*1H/q;;+1;;;/p-1. The van der Waals surface area contributed by atoms with Crippen LogP contribution in [0, 0.1) is 0 Å². The van der Waals surface area contributed by atoms with Crippen LogP contribution in [0.25, 0.3) is 10.9 Å². The van der Waals surface area contributed by atoms with Crippen LogP contribution in [0.4, 0.5) is 0 Å². The van der Waals surface area contributed by atoms with Gasteiger partial charge in [-0.05, 0) is 12.1 Å². The van der Waals surface area contributed by atoms with Crippen LogP contribution < -0.4 is 50.9 Å². The van der Waals surface area contributed by atoms with Crippen molar-refractivity contribution in [2.24, 2.45) is 0 Å². The van der Waals surface area contributed by atoms with Crippen LogP contribution in [0.2, 0.25) is 0 Å². The van der Waals surface area contributed by atoms with E-state index in [0.29, 0.717) is 6.54 Å². The molecule has 0 spiro atoms. The molecule has 0 saturated carbocycles. The van der Waals surface area contributed by atoms with Gasteiger partial charge in [0.1, 0.15) is 6.61 Å². The molecule has 3 N–H and O–H groups in total. The van der Waals surface area contributed by atoms with E-state index in [1.54, 1.807) is 39.9 Å². The highest BCUT2D eigenvalue weighted by Crippen LogP contribution is 2.07. The van der Waals surface area contributed by atoms with Crippen LogP contribution in [0.3, 0.4) is 0 Å². The van der Waals surface area contributed by atoms with Gasteiger partial charge in [-0.2, -0.15) is 9.13 Å². The normalized spacial score (nSPS) is 8.92. The highest BCUT2D eigenvalue weighted by atomic mass is 35.5. The molecule has 0 atom stereocenters. The highest BCUT2D eigenvalue weighted by molar-refractivity contribution is 5.75. The Morgan fingerprint density at radius 2 is 1.11 bits per heavy atom. The Hall–Kier alpha value is -3.30. The molecule has 0 saturated heterocycles. The molecule has 4 rings (SSSR count). The zero-order valence-corrected chi connectivity index (χ0v) is 21.5. The van der Waals surface area contributed by atoms with Gasteiger partial charge in [-0.1, -0.05) is 24.3 Å². The van der Waals surface area contributed by atoms with Crippen molar-refractivity contribution in [1.82, 2.24) is 0 Å². The number of aromatic nitrogens is 3. The largest absolute Gasteiger partial charge is 1.00 e. The molecule has 0 radical (unpaired) electrons. The number of carboxylic acid groups (broad SMARTS) is 2. The maximum Gasteiger partial charge on any atom is 0.370 e. The van der Waals surface area contributed by atoms with Crippen LogP contribution in [-0.2, 0) is 29.2 Å². The van der Waals surface area contributed by atoms with Crippen molar-refractivity contribution in [3.63, 3.8) is 0 Å². The lowest BCUT2D eigenvalue weighted by Gasteiger charge is -1.97. The Morgan fingerprint density at radius 3 is 1.64 bits per heavy atom. The molecule has 0 amide bonds. The van der Waals surface area contributed by atoms with Gasteiger partial charge in [0.2, 0.25) is 18.6 Å². The van der Waals surface area contributed by atoms with E-state index >= 15 is 0 Å². The van der Waals surface area contributed by atoms with E-state index in [-0.39, 0.29) is 56.9 Å². The van der Waals surface area contributed by atoms with Crippen molar-refractivity contribution >= 4 is 22.8 Å². The first kappa shape index (κ1) is 34.9. The molecule has 11 heteroatoms. The van der Waals surface area contributed by atoms with E-state index in [2.05, 4.69) is 0 Å². The average Bonchev–Trinajstić information content (AvgIpc) is 2.81. The van der Waals surface area contributed by atoms with E-state index in [4.69, 9.17) is 15.3 Å². The number of hydrogen-bond acceptors (Lipinski definition) is 3. The van der Waals surface area contributed by atoms with Gasteiger partial charge in [0.25, 0.3) is 0 Å². The van der Waals surface area contributed by atoms with E-state index in [1.165, 1.54) is 0 Å². The topological polar surface area (TPSA) is 106 Å². The molecule has 194 valence electrons. The van der Waals surface area contributed by atoms with Gasteiger partial charge in [0.15, 0.2) is 37.5 Å². The van der Waals surface area contributed by atoms with E-state index in [1.807, 2.05) is 77.6 Å². The van der Waals surface area contributed by atoms with Crippen LogP contribution in [0.5, 0.6) is 0 Å². The molecule has 36 heavy (non-hydrogen) atoms. The summed E-state index contributed by atoms with van der Waals surface area (Å²) in [6.45, 7) is 0.914. The number of nitrogens with zero attached hydrogens (tertiary/aromatic N) is 3. The SMILES string of the molecule is O=C(O)C[n+]1cccc2ccccc21.O=C(O)C[n+]1ccccc1.OCC[n+]1ccccc1.[Cl-].[Cl-].[Cl-]. The summed E-state index contributed by atoms with van der Waals surface area (Å²) < 4.78 is 5.25. The first-order chi connectivity index (χ1) is 16.0. The lowest BCUT2D eigenvalue weighted by atomic mass is 10.2. The summed E-state index contributed by atoms with van der Waals surface area (Å²) in [5.74, 6) is -1.65. The fourth-order valence-electron chi connectivity index (χ4n) is 2.90. The van der Waals surface area contributed by atoms with Crippen molar-refractivity contribution in [2.75, 3.05) is 6.61 Å². The minimum absolute atomic E-state index is 0. The van der Waals surface area contributed by atoms with Crippen molar-refractivity contribution in [2.45, 2.75) is 19.6 Å². The molecular weight excluding hydrogens is 529 g/mol. The highest BCUT2D eigenvalue weighted by Gasteiger charge is 2.10. The molecule has 0 aliphatic rings. The number of para-hydroxylation sites is 1. The van der Waals surface area contributed by atoms with Crippen molar-refractivity contribution in [3.8, 4) is 0 Å². The van der Waals surface area contributed by atoms with Crippen molar-refractivity contribution in [1.29, 1.82) is 0 Å². The number of carbonyl (C=O) groups is 2. The third kappa shape index (κ3) is 13.6. The van der Waals surface area contributed by atoms with Gasteiger partial charge in [0, 0.05) is 41.8 Å². The van der Waals surface area contributed by atoms with Gasteiger partial charge < -0.3 is 52.5 Å². The minimum atomic E-state index is -0.827. The fraction of sp³-hybridized carbons (Fsp3) is 0.160. The zero-order chi connectivity index (χ0) is 23.9. The van der Waals surface area contributed by atoms with Crippen molar-refractivity contribution < 1.29 is 75.8 Å². The predicted molar refractivity (Wildman–Crippen MR) is 120 cm³/mol. The number of rotatable bonds is 6. The van der Waals surface area contributed by atoms with E-state index in [0.717, 1.165) is 10.9 Å². The number of aliphatic carboxylic acids is 2. The van der Waals surface area contributed by atoms with Crippen LogP contribution in [0.15, 0.2) is 104 Å². The maximum atomic E-state index is 10.6. The number of fused-ring (bicyclic) bond motifs is 1. The number of benzene rings is 1. The summed E-state index contributed by atoms with van der Waals surface area (Å²) in [7, 11) is 0. The van der Waals surface area contributed by atoms with Crippen LogP contribution in [-0.4, -0.2) is 33.9 Å².